The SMILES string of the molecule is COC(=O)C(=O)CC(=O)c1ccc(Cl)cc1C. The standard InChI is InChI=1S/C12H11ClO4/c1-7-5-8(13)3-4-9(7)10(14)6-11(15)12(16)17-2/h3-5H,6H2,1-2H3. The van der Waals surface area contributed by atoms with E-state index in [2.05, 4.69) is 4.74 Å². The molecule has 0 saturated heterocycles. The topological polar surface area (TPSA) is 60.4 Å². The average molecular weight is 255 g/mol. The number of ketones is 2. The first kappa shape index (κ1) is 13.4. The number of hydrogen-bond acceptors (Lipinski definition) is 4. The van der Waals surface area contributed by atoms with Crippen molar-refractivity contribution in [1.82, 2.24) is 0 Å². The fourth-order valence-corrected chi connectivity index (χ4v) is 1.59. The highest BCUT2D eigenvalue weighted by Crippen LogP contribution is 2.16. The van der Waals surface area contributed by atoms with Gasteiger partial charge in [-0.1, -0.05) is 11.6 Å². The van der Waals surface area contributed by atoms with Crippen molar-refractivity contribution in [3.63, 3.8) is 0 Å². The van der Waals surface area contributed by atoms with Crippen LogP contribution < -0.4 is 0 Å². The molecule has 0 aliphatic rings. The van der Waals surface area contributed by atoms with E-state index < -0.39 is 24.0 Å². The van der Waals surface area contributed by atoms with Crippen molar-refractivity contribution in [3.8, 4) is 0 Å². The summed E-state index contributed by atoms with van der Waals surface area (Å²) in [5, 5.41) is 0.512. The molecule has 0 fully saturated rings. The number of esters is 1. The van der Waals surface area contributed by atoms with E-state index >= 15 is 0 Å². The molecule has 4 nitrogen and oxygen atoms in total. The third kappa shape index (κ3) is 3.39. The van der Waals surface area contributed by atoms with Gasteiger partial charge in [0.15, 0.2) is 5.78 Å². The number of carbonyl (C=O) groups excluding carboxylic acids is 3. The van der Waals surface area contributed by atoms with Gasteiger partial charge in [0.2, 0.25) is 5.78 Å². The lowest BCUT2D eigenvalue weighted by atomic mass is 10.0. The van der Waals surface area contributed by atoms with E-state index in [4.69, 9.17) is 11.6 Å². The van der Waals surface area contributed by atoms with Crippen molar-refractivity contribution < 1.29 is 19.1 Å². The van der Waals surface area contributed by atoms with E-state index in [9.17, 15) is 14.4 Å². The molecule has 90 valence electrons. The van der Waals surface area contributed by atoms with E-state index in [1.165, 1.54) is 6.07 Å². The predicted molar refractivity (Wildman–Crippen MR) is 62.2 cm³/mol. The van der Waals surface area contributed by atoms with Gasteiger partial charge in [0.1, 0.15) is 0 Å². The molecule has 0 bridgehead atoms. The van der Waals surface area contributed by atoms with E-state index in [-0.39, 0.29) is 0 Å². The lowest BCUT2D eigenvalue weighted by Crippen LogP contribution is -2.19. The lowest BCUT2D eigenvalue weighted by Gasteiger charge is -2.04. The van der Waals surface area contributed by atoms with Gasteiger partial charge in [0, 0.05) is 10.6 Å². The van der Waals surface area contributed by atoms with Crippen LogP contribution >= 0.6 is 11.6 Å². The van der Waals surface area contributed by atoms with Crippen molar-refractivity contribution in [1.29, 1.82) is 0 Å². The summed E-state index contributed by atoms with van der Waals surface area (Å²) in [6.45, 7) is 1.71. The molecule has 1 aromatic carbocycles. The van der Waals surface area contributed by atoms with E-state index in [0.717, 1.165) is 7.11 Å². The Labute approximate surface area is 104 Å². The number of carbonyl (C=O) groups is 3. The van der Waals surface area contributed by atoms with E-state index in [1.54, 1.807) is 19.1 Å². The van der Waals surface area contributed by atoms with Gasteiger partial charge in [-0.05, 0) is 30.7 Å². The lowest BCUT2D eigenvalue weighted by molar-refractivity contribution is -0.151. The van der Waals surface area contributed by atoms with Crippen LogP contribution in [0.4, 0.5) is 0 Å². The Morgan fingerprint density at radius 3 is 2.47 bits per heavy atom. The Morgan fingerprint density at radius 2 is 1.94 bits per heavy atom. The molecule has 0 unspecified atom stereocenters. The summed E-state index contributed by atoms with van der Waals surface area (Å²) in [4.78, 5) is 33.8. The Balaban J connectivity index is 2.84. The molecule has 0 saturated carbocycles. The smallest absolute Gasteiger partial charge is 0.374 e. The number of benzene rings is 1. The summed E-state index contributed by atoms with van der Waals surface area (Å²) in [6.07, 6.45) is -0.491. The average Bonchev–Trinajstić information content (AvgIpc) is 2.27. The number of hydrogen-bond donors (Lipinski definition) is 0. The number of rotatable bonds is 4. The molecule has 0 heterocycles. The van der Waals surface area contributed by atoms with Crippen molar-refractivity contribution in [3.05, 3.63) is 34.3 Å². The Hall–Kier alpha value is -1.68. The highest BCUT2D eigenvalue weighted by Gasteiger charge is 2.20. The van der Waals surface area contributed by atoms with Crippen LogP contribution in [0.15, 0.2) is 18.2 Å². The van der Waals surface area contributed by atoms with Gasteiger partial charge in [-0.2, -0.15) is 0 Å². The molecule has 0 aliphatic heterocycles. The van der Waals surface area contributed by atoms with Gasteiger partial charge in [-0.3, -0.25) is 9.59 Å². The number of aryl methyl sites for hydroxylation is 1. The minimum absolute atomic E-state index is 0.381. The maximum Gasteiger partial charge on any atom is 0.374 e. The fraction of sp³-hybridized carbons (Fsp3) is 0.250. The molecule has 0 atom stereocenters. The molecule has 0 N–H and O–H groups in total. The zero-order valence-electron chi connectivity index (χ0n) is 9.45. The van der Waals surface area contributed by atoms with Crippen molar-refractivity contribution in [2.24, 2.45) is 0 Å². The highest BCUT2D eigenvalue weighted by atomic mass is 35.5. The molecule has 5 heteroatoms. The van der Waals surface area contributed by atoms with Crippen molar-refractivity contribution >= 4 is 29.1 Å². The molecule has 0 radical (unpaired) electrons. The van der Waals surface area contributed by atoms with Crippen LogP contribution in [-0.2, 0) is 14.3 Å². The molecule has 0 spiro atoms. The first-order valence-corrected chi connectivity index (χ1v) is 5.24. The second kappa shape index (κ2) is 5.59. The monoisotopic (exact) mass is 254 g/mol. The first-order chi connectivity index (χ1) is 7.95. The van der Waals surface area contributed by atoms with Gasteiger partial charge in [0.25, 0.3) is 0 Å². The minimum Gasteiger partial charge on any atom is -0.463 e. The minimum atomic E-state index is -1.01. The van der Waals surface area contributed by atoms with Crippen molar-refractivity contribution in [2.75, 3.05) is 7.11 Å². The van der Waals surface area contributed by atoms with Crippen LogP contribution in [0.5, 0.6) is 0 Å². The Bertz CT molecular complexity index is 479. The third-order valence-electron chi connectivity index (χ3n) is 2.22. The fourth-order valence-electron chi connectivity index (χ4n) is 1.37. The Kier molecular flexibility index (Phi) is 4.40. The second-order valence-corrected chi connectivity index (χ2v) is 3.91. The number of halogens is 1. The number of ether oxygens (including phenoxy) is 1. The van der Waals surface area contributed by atoms with Crippen molar-refractivity contribution in [2.45, 2.75) is 13.3 Å². The maximum atomic E-state index is 11.7. The van der Waals surface area contributed by atoms with Crippen LogP contribution in [0.3, 0.4) is 0 Å². The summed E-state index contributed by atoms with van der Waals surface area (Å²) in [5.41, 5.74) is 1.05. The van der Waals surface area contributed by atoms with Crippen LogP contribution in [0.2, 0.25) is 5.02 Å². The van der Waals surface area contributed by atoms with E-state index in [0.29, 0.717) is 16.1 Å². The quantitative estimate of drug-likeness (QED) is 0.357. The Morgan fingerprint density at radius 1 is 1.29 bits per heavy atom. The summed E-state index contributed by atoms with van der Waals surface area (Å²) in [5.74, 6) is -2.29. The van der Waals surface area contributed by atoms with E-state index in [1.807, 2.05) is 0 Å². The predicted octanol–water partition coefficient (Wildman–Crippen LogP) is 1.96. The third-order valence-corrected chi connectivity index (χ3v) is 2.46. The molecule has 1 aromatic rings. The second-order valence-electron chi connectivity index (χ2n) is 3.47. The zero-order valence-corrected chi connectivity index (χ0v) is 10.2. The van der Waals surface area contributed by atoms with Crippen LogP contribution in [0, 0.1) is 6.92 Å². The van der Waals surface area contributed by atoms with Gasteiger partial charge in [-0.25, -0.2) is 4.79 Å². The maximum absolute atomic E-state index is 11.7. The van der Waals surface area contributed by atoms with Gasteiger partial charge in [0.05, 0.1) is 13.5 Å². The first-order valence-electron chi connectivity index (χ1n) is 4.86. The molecule has 0 aliphatic carbocycles. The summed E-state index contributed by atoms with van der Waals surface area (Å²) in [7, 11) is 1.10. The molecular weight excluding hydrogens is 244 g/mol. The normalized spacial score (nSPS) is 9.82. The molecule has 0 amide bonds. The number of methoxy groups -OCH3 is 1. The van der Waals surface area contributed by atoms with Crippen LogP contribution in [-0.4, -0.2) is 24.6 Å². The summed E-state index contributed by atoms with van der Waals surface area (Å²) in [6, 6.07) is 4.71. The zero-order chi connectivity index (χ0) is 13.0. The molecule has 1 rings (SSSR count). The van der Waals surface area contributed by atoms with Gasteiger partial charge in [-0.15, -0.1) is 0 Å². The summed E-state index contributed by atoms with van der Waals surface area (Å²) < 4.78 is 4.24. The van der Waals surface area contributed by atoms with Crippen LogP contribution in [0.1, 0.15) is 22.3 Å². The number of Topliss-reactive ketones (excluding diaryl/α,β-unsaturated/α-hetero) is 2. The molecule has 0 aromatic heterocycles. The van der Waals surface area contributed by atoms with Crippen LogP contribution in [0.25, 0.3) is 0 Å². The van der Waals surface area contributed by atoms with Gasteiger partial charge < -0.3 is 4.74 Å². The molecular formula is C12H11ClO4. The van der Waals surface area contributed by atoms with Gasteiger partial charge >= 0.3 is 5.97 Å². The molecule has 17 heavy (non-hydrogen) atoms. The summed E-state index contributed by atoms with van der Waals surface area (Å²) >= 11 is 5.75. The largest absolute Gasteiger partial charge is 0.463 e. The highest BCUT2D eigenvalue weighted by molar-refractivity contribution is 6.38.